The van der Waals surface area contributed by atoms with Gasteiger partial charge in [-0.25, -0.2) is 8.42 Å². The molecule has 1 saturated heterocycles. The zero-order chi connectivity index (χ0) is 12.5. The number of nitrogens with one attached hydrogen (secondary N) is 1. The molecule has 1 aromatic carbocycles. The van der Waals surface area contributed by atoms with Crippen LogP contribution in [0.15, 0.2) is 23.1 Å². The maximum absolute atomic E-state index is 12.6. The first-order valence-electron chi connectivity index (χ1n) is 6.04. The first kappa shape index (κ1) is 12.6. The lowest BCUT2D eigenvalue weighted by Crippen LogP contribution is -2.36. The van der Waals surface area contributed by atoms with Crippen molar-refractivity contribution in [2.45, 2.75) is 36.8 Å². The van der Waals surface area contributed by atoms with Crippen LogP contribution in [0.1, 0.15) is 24.0 Å². The average molecular weight is 253 g/mol. The molecule has 1 heterocycles. The molecule has 0 atom stereocenters. The molecule has 17 heavy (non-hydrogen) atoms. The van der Waals surface area contributed by atoms with Crippen LogP contribution in [0.4, 0.5) is 0 Å². The van der Waals surface area contributed by atoms with E-state index in [0.29, 0.717) is 4.90 Å². The summed E-state index contributed by atoms with van der Waals surface area (Å²) in [5.74, 6) is 0. The molecule has 0 radical (unpaired) electrons. The lowest BCUT2D eigenvalue weighted by molar-refractivity contribution is 0.496. The van der Waals surface area contributed by atoms with E-state index in [4.69, 9.17) is 0 Å². The van der Waals surface area contributed by atoms with Crippen LogP contribution in [0.5, 0.6) is 0 Å². The molecule has 3 nitrogen and oxygen atoms in total. The van der Waals surface area contributed by atoms with Gasteiger partial charge in [-0.2, -0.15) is 0 Å². The number of rotatable bonds is 2. The molecule has 2 rings (SSSR count). The first-order valence-corrected chi connectivity index (χ1v) is 7.59. The van der Waals surface area contributed by atoms with Crippen LogP contribution in [0.3, 0.4) is 0 Å². The summed E-state index contributed by atoms with van der Waals surface area (Å²) in [5, 5.41) is 2.98. The summed E-state index contributed by atoms with van der Waals surface area (Å²) < 4.78 is 25.2. The van der Waals surface area contributed by atoms with Crippen molar-refractivity contribution >= 4 is 9.84 Å². The predicted molar refractivity (Wildman–Crippen MR) is 69.0 cm³/mol. The Morgan fingerprint density at radius 2 is 1.65 bits per heavy atom. The smallest absolute Gasteiger partial charge is 0.181 e. The number of sulfone groups is 1. The Morgan fingerprint density at radius 3 is 2.18 bits per heavy atom. The fourth-order valence-electron chi connectivity index (χ4n) is 2.52. The van der Waals surface area contributed by atoms with Gasteiger partial charge in [-0.1, -0.05) is 18.2 Å². The van der Waals surface area contributed by atoms with Gasteiger partial charge in [0.15, 0.2) is 9.84 Å². The highest BCUT2D eigenvalue weighted by molar-refractivity contribution is 7.92. The molecule has 1 fully saturated rings. The van der Waals surface area contributed by atoms with E-state index in [1.807, 2.05) is 32.0 Å². The van der Waals surface area contributed by atoms with E-state index in [0.717, 1.165) is 37.1 Å². The van der Waals surface area contributed by atoms with Crippen LogP contribution in [-0.4, -0.2) is 26.8 Å². The zero-order valence-electron chi connectivity index (χ0n) is 10.4. The normalized spacial score (nSPS) is 18.2. The summed E-state index contributed by atoms with van der Waals surface area (Å²) in [4.78, 5) is 0.548. The minimum atomic E-state index is -3.16. The SMILES string of the molecule is Cc1cccc(C)c1S(=O)(=O)C1CCNCC1. The molecule has 0 bridgehead atoms. The van der Waals surface area contributed by atoms with Crippen molar-refractivity contribution in [1.82, 2.24) is 5.32 Å². The molecular weight excluding hydrogens is 234 g/mol. The van der Waals surface area contributed by atoms with E-state index >= 15 is 0 Å². The highest BCUT2D eigenvalue weighted by atomic mass is 32.2. The molecule has 0 saturated carbocycles. The van der Waals surface area contributed by atoms with Gasteiger partial charge in [-0.3, -0.25) is 0 Å². The van der Waals surface area contributed by atoms with Crippen molar-refractivity contribution in [3.05, 3.63) is 29.3 Å². The molecule has 1 aliphatic rings. The lowest BCUT2D eigenvalue weighted by Gasteiger charge is -2.24. The van der Waals surface area contributed by atoms with Crippen LogP contribution in [0, 0.1) is 13.8 Å². The third-order valence-corrected chi connectivity index (χ3v) is 5.98. The fraction of sp³-hybridized carbons (Fsp3) is 0.538. The number of piperidine rings is 1. The molecule has 0 aliphatic carbocycles. The topological polar surface area (TPSA) is 46.2 Å². The van der Waals surface area contributed by atoms with E-state index in [1.54, 1.807) is 0 Å². The van der Waals surface area contributed by atoms with Gasteiger partial charge in [0.25, 0.3) is 0 Å². The zero-order valence-corrected chi connectivity index (χ0v) is 11.2. The number of benzene rings is 1. The Hall–Kier alpha value is -0.870. The molecule has 0 amide bonds. The van der Waals surface area contributed by atoms with Gasteiger partial charge >= 0.3 is 0 Å². The average Bonchev–Trinajstić information content (AvgIpc) is 2.29. The van der Waals surface area contributed by atoms with Crippen LogP contribution in [0.25, 0.3) is 0 Å². The summed E-state index contributed by atoms with van der Waals surface area (Å²) >= 11 is 0. The molecular formula is C13H19NO2S. The minimum absolute atomic E-state index is 0.219. The van der Waals surface area contributed by atoms with Crippen molar-refractivity contribution in [1.29, 1.82) is 0 Å². The standard InChI is InChI=1S/C13H19NO2S/c1-10-4-3-5-11(2)13(10)17(15,16)12-6-8-14-9-7-12/h3-5,12,14H,6-9H2,1-2H3. The van der Waals surface area contributed by atoms with Crippen LogP contribution < -0.4 is 5.32 Å². The second-order valence-electron chi connectivity index (χ2n) is 4.72. The van der Waals surface area contributed by atoms with E-state index in [9.17, 15) is 8.42 Å². The van der Waals surface area contributed by atoms with Gasteiger partial charge in [0, 0.05) is 0 Å². The fourth-order valence-corrected chi connectivity index (χ4v) is 4.74. The Balaban J connectivity index is 2.44. The summed E-state index contributed by atoms with van der Waals surface area (Å²) in [6.07, 6.45) is 1.44. The lowest BCUT2D eigenvalue weighted by atomic mass is 10.1. The number of hydrogen-bond acceptors (Lipinski definition) is 3. The monoisotopic (exact) mass is 253 g/mol. The summed E-state index contributed by atoms with van der Waals surface area (Å²) in [7, 11) is -3.16. The van der Waals surface area contributed by atoms with Crippen molar-refractivity contribution in [2.75, 3.05) is 13.1 Å². The van der Waals surface area contributed by atoms with E-state index in [2.05, 4.69) is 5.32 Å². The van der Waals surface area contributed by atoms with Gasteiger partial charge in [0.05, 0.1) is 10.1 Å². The number of hydrogen-bond donors (Lipinski definition) is 1. The Bertz CT molecular complexity index is 482. The Labute approximate surface area is 103 Å². The molecule has 1 aliphatic heterocycles. The van der Waals surface area contributed by atoms with Crippen LogP contribution in [-0.2, 0) is 9.84 Å². The van der Waals surface area contributed by atoms with Crippen LogP contribution in [0.2, 0.25) is 0 Å². The molecule has 1 aromatic rings. The largest absolute Gasteiger partial charge is 0.317 e. The Kier molecular flexibility index (Phi) is 3.54. The third kappa shape index (κ3) is 2.38. The summed E-state index contributed by atoms with van der Waals surface area (Å²) in [6.45, 7) is 5.35. The van der Waals surface area contributed by atoms with Gasteiger partial charge in [0.2, 0.25) is 0 Å². The van der Waals surface area contributed by atoms with E-state index in [1.165, 1.54) is 0 Å². The third-order valence-electron chi connectivity index (χ3n) is 3.42. The van der Waals surface area contributed by atoms with E-state index < -0.39 is 9.84 Å². The molecule has 0 spiro atoms. The second-order valence-corrected chi connectivity index (χ2v) is 6.88. The summed E-state index contributed by atoms with van der Waals surface area (Å²) in [5.41, 5.74) is 1.73. The van der Waals surface area contributed by atoms with Gasteiger partial charge < -0.3 is 5.32 Å². The van der Waals surface area contributed by atoms with Gasteiger partial charge in [-0.15, -0.1) is 0 Å². The van der Waals surface area contributed by atoms with Crippen molar-refractivity contribution < 1.29 is 8.42 Å². The maximum atomic E-state index is 12.6. The van der Waals surface area contributed by atoms with Crippen molar-refractivity contribution in [2.24, 2.45) is 0 Å². The predicted octanol–water partition coefficient (Wildman–Crippen LogP) is 1.83. The molecule has 0 unspecified atom stereocenters. The maximum Gasteiger partial charge on any atom is 0.181 e. The molecule has 4 heteroatoms. The van der Waals surface area contributed by atoms with Crippen molar-refractivity contribution in [3.8, 4) is 0 Å². The summed E-state index contributed by atoms with van der Waals surface area (Å²) in [6, 6.07) is 5.66. The highest BCUT2D eigenvalue weighted by Gasteiger charge is 2.30. The first-order chi connectivity index (χ1) is 8.03. The quantitative estimate of drug-likeness (QED) is 0.874. The van der Waals surface area contributed by atoms with Crippen molar-refractivity contribution in [3.63, 3.8) is 0 Å². The minimum Gasteiger partial charge on any atom is -0.317 e. The Morgan fingerprint density at radius 1 is 1.12 bits per heavy atom. The second kappa shape index (κ2) is 4.78. The molecule has 0 aromatic heterocycles. The molecule has 1 N–H and O–H groups in total. The van der Waals surface area contributed by atoms with Gasteiger partial charge in [-0.05, 0) is 50.9 Å². The van der Waals surface area contributed by atoms with Gasteiger partial charge in [0.1, 0.15) is 0 Å². The molecule has 94 valence electrons. The van der Waals surface area contributed by atoms with Crippen LogP contribution >= 0.6 is 0 Å². The highest BCUT2D eigenvalue weighted by Crippen LogP contribution is 2.27. The number of aryl methyl sites for hydroxylation is 2. The van der Waals surface area contributed by atoms with E-state index in [-0.39, 0.29) is 5.25 Å².